The second kappa shape index (κ2) is 8.71. The molecule has 1 heterocycles. The molecule has 0 radical (unpaired) electrons. The lowest BCUT2D eigenvalue weighted by atomic mass is 10.0. The maximum absolute atomic E-state index is 12.2. The van der Waals surface area contributed by atoms with Crippen molar-refractivity contribution in [2.75, 3.05) is 7.11 Å². The molecule has 2 aromatic rings. The molecule has 1 aromatic heterocycles. The topological polar surface area (TPSA) is 121 Å². The third-order valence-corrected chi connectivity index (χ3v) is 4.38. The van der Waals surface area contributed by atoms with Crippen molar-refractivity contribution in [3.05, 3.63) is 50.8 Å². The van der Waals surface area contributed by atoms with Crippen LogP contribution in [0.15, 0.2) is 18.2 Å². The van der Waals surface area contributed by atoms with Crippen LogP contribution < -0.4 is 4.74 Å². The standard InChI is InChI=1S/C18H14Cl2N2O5/c1-27-11-6-13(19)12(14(20)7-11)5-10-4-9(8-21)18(26)17(22-10)15(23)2-3-16(24)25/h4,6-7,26H,2-3,5H2,1H3,(H,24,25). The van der Waals surface area contributed by atoms with Gasteiger partial charge in [-0.25, -0.2) is 4.98 Å². The molecule has 9 heteroatoms. The molecule has 140 valence electrons. The number of hydrogen-bond acceptors (Lipinski definition) is 6. The van der Waals surface area contributed by atoms with Crippen LogP contribution in [0.2, 0.25) is 10.0 Å². The number of aliphatic carboxylic acids is 1. The summed E-state index contributed by atoms with van der Waals surface area (Å²) in [5.74, 6) is -1.95. The average molecular weight is 409 g/mol. The number of aromatic hydroxyl groups is 1. The molecule has 0 unspecified atom stereocenters. The third kappa shape index (κ3) is 4.88. The molecule has 0 aliphatic heterocycles. The van der Waals surface area contributed by atoms with Crippen LogP contribution in [0, 0.1) is 11.3 Å². The molecule has 0 saturated carbocycles. The fourth-order valence-corrected chi connectivity index (χ4v) is 2.95. The van der Waals surface area contributed by atoms with E-state index in [0.717, 1.165) is 0 Å². The summed E-state index contributed by atoms with van der Waals surface area (Å²) in [6.07, 6.45) is -0.674. The molecular weight excluding hydrogens is 395 g/mol. The summed E-state index contributed by atoms with van der Waals surface area (Å²) in [4.78, 5) is 26.9. The molecule has 0 amide bonds. The SMILES string of the molecule is COc1cc(Cl)c(Cc2cc(C#N)c(O)c(C(=O)CCC(=O)O)n2)c(Cl)c1. The highest BCUT2D eigenvalue weighted by Crippen LogP contribution is 2.32. The Morgan fingerprint density at radius 1 is 1.22 bits per heavy atom. The summed E-state index contributed by atoms with van der Waals surface area (Å²) in [5.41, 5.74) is 0.271. The van der Waals surface area contributed by atoms with Crippen LogP contribution in [0.3, 0.4) is 0 Å². The lowest BCUT2D eigenvalue weighted by Gasteiger charge is -2.11. The number of methoxy groups -OCH3 is 1. The predicted molar refractivity (Wildman–Crippen MR) is 97.6 cm³/mol. The van der Waals surface area contributed by atoms with E-state index in [-0.39, 0.29) is 29.8 Å². The van der Waals surface area contributed by atoms with Crippen molar-refractivity contribution < 1.29 is 24.5 Å². The quantitative estimate of drug-likeness (QED) is 0.670. The van der Waals surface area contributed by atoms with Crippen molar-refractivity contribution in [1.29, 1.82) is 5.26 Å². The van der Waals surface area contributed by atoms with Crippen LogP contribution in [-0.4, -0.2) is 34.1 Å². The zero-order valence-electron chi connectivity index (χ0n) is 14.1. The summed E-state index contributed by atoms with van der Waals surface area (Å²) in [5, 5.41) is 28.6. The van der Waals surface area contributed by atoms with E-state index in [0.29, 0.717) is 21.4 Å². The first-order valence-electron chi connectivity index (χ1n) is 7.66. The Balaban J connectivity index is 2.44. The Kier molecular flexibility index (Phi) is 6.61. The molecule has 0 aliphatic carbocycles. The molecule has 0 spiro atoms. The fraction of sp³-hybridized carbons (Fsp3) is 0.222. The van der Waals surface area contributed by atoms with Crippen molar-refractivity contribution >= 4 is 35.0 Å². The highest BCUT2D eigenvalue weighted by Gasteiger charge is 2.20. The molecular formula is C18H14Cl2N2O5. The van der Waals surface area contributed by atoms with Crippen molar-refractivity contribution in [2.45, 2.75) is 19.3 Å². The number of hydrogen-bond donors (Lipinski definition) is 2. The Morgan fingerprint density at radius 3 is 2.37 bits per heavy atom. The third-order valence-electron chi connectivity index (χ3n) is 3.70. The van der Waals surface area contributed by atoms with Crippen LogP contribution in [-0.2, 0) is 11.2 Å². The van der Waals surface area contributed by atoms with Crippen molar-refractivity contribution in [3.63, 3.8) is 0 Å². The highest BCUT2D eigenvalue weighted by molar-refractivity contribution is 6.36. The normalized spacial score (nSPS) is 10.3. The molecule has 2 N–H and O–H groups in total. The van der Waals surface area contributed by atoms with Gasteiger partial charge < -0.3 is 14.9 Å². The number of Topliss-reactive ketones (excluding diaryl/α,β-unsaturated/α-hetero) is 1. The number of carbonyl (C=O) groups is 2. The first-order valence-corrected chi connectivity index (χ1v) is 8.42. The van der Waals surface area contributed by atoms with Gasteiger partial charge in [-0.05, 0) is 23.8 Å². The largest absolute Gasteiger partial charge is 0.504 e. The summed E-state index contributed by atoms with van der Waals surface area (Å²) >= 11 is 12.4. The van der Waals surface area contributed by atoms with Gasteiger partial charge in [0.15, 0.2) is 11.5 Å². The van der Waals surface area contributed by atoms with E-state index in [2.05, 4.69) is 4.98 Å². The maximum Gasteiger partial charge on any atom is 0.303 e. The molecule has 0 fully saturated rings. The van der Waals surface area contributed by atoms with Gasteiger partial charge in [-0.1, -0.05) is 23.2 Å². The smallest absolute Gasteiger partial charge is 0.303 e. The van der Waals surface area contributed by atoms with Crippen molar-refractivity contribution in [3.8, 4) is 17.6 Å². The second-order valence-electron chi connectivity index (χ2n) is 5.53. The van der Waals surface area contributed by atoms with E-state index in [1.165, 1.54) is 13.2 Å². The maximum atomic E-state index is 12.2. The number of carbonyl (C=O) groups excluding carboxylic acids is 1. The van der Waals surface area contributed by atoms with Gasteiger partial charge in [0.1, 0.15) is 17.5 Å². The minimum atomic E-state index is -1.16. The van der Waals surface area contributed by atoms with Gasteiger partial charge in [-0.3, -0.25) is 9.59 Å². The van der Waals surface area contributed by atoms with Crippen LogP contribution >= 0.6 is 23.2 Å². The average Bonchev–Trinajstić information content (AvgIpc) is 2.63. The van der Waals surface area contributed by atoms with Crippen molar-refractivity contribution in [1.82, 2.24) is 4.98 Å². The van der Waals surface area contributed by atoms with E-state index in [1.807, 2.05) is 0 Å². The lowest BCUT2D eigenvalue weighted by molar-refractivity contribution is -0.136. The number of pyridine rings is 1. The number of rotatable bonds is 7. The summed E-state index contributed by atoms with van der Waals surface area (Å²) < 4.78 is 5.08. The van der Waals surface area contributed by atoms with E-state index in [1.54, 1.807) is 18.2 Å². The molecule has 2 rings (SSSR count). The van der Waals surface area contributed by atoms with Gasteiger partial charge in [-0.2, -0.15) is 5.26 Å². The van der Waals surface area contributed by atoms with E-state index < -0.39 is 23.9 Å². The number of carboxylic acids is 1. The lowest BCUT2D eigenvalue weighted by Crippen LogP contribution is -2.09. The molecule has 0 aliphatic rings. The first-order chi connectivity index (χ1) is 12.8. The van der Waals surface area contributed by atoms with E-state index >= 15 is 0 Å². The van der Waals surface area contributed by atoms with Gasteiger partial charge in [0, 0.05) is 28.6 Å². The van der Waals surface area contributed by atoms with Crippen LogP contribution in [0.1, 0.15) is 40.2 Å². The molecule has 1 aromatic carbocycles. The Labute approximate surface area is 164 Å². The molecule has 7 nitrogen and oxygen atoms in total. The molecule has 0 atom stereocenters. The number of carboxylic acid groups (broad SMARTS) is 1. The monoisotopic (exact) mass is 408 g/mol. The molecule has 0 saturated heterocycles. The fourth-order valence-electron chi connectivity index (χ4n) is 2.35. The van der Waals surface area contributed by atoms with Crippen LogP contribution in [0.4, 0.5) is 0 Å². The number of ketones is 1. The molecule has 0 bridgehead atoms. The highest BCUT2D eigenvalue weighted by atomic mass is 35.5. The van der Waals surface area contributed by atoms with Gasteiger partial charge in [-0.15, -0.1) is 0 Å². The minimum Gasteiger partial charge on any atom is -0.504 e. The summed E-state index contributed by atoms with van der Waals surface area (Å²) in [7, 11) is 1.47. The Morgan fingerprint density at radius 2 is 1.85 bits per heavy atom. The number of nitrogens with zero attached hydrogens (tertiary/aromatic N) is 2. The van der Waals surface area contributed by atoms with Crippen LogP contribution in [0.5, 0.6) is 11.5 Å². The van der Waals surface area contributed by atoms with E-state index in [4.69, 9.17) is 33.0 Å². The van der Waals surface area contributed by atoms with Crippen molar-refractivity contribution in [2.24, 2.45) is 0 Å². The Bertz CT molecular complexity index is 930. The second-order valence-corrected chi connectivity index (χ2v) is 6.35. The Hall–Kier alpha value is -2.82. The molecule has 27 heavy (non-hydrogen) atoms. The first kappa shape index (κ1) is 20.5. The zero-order chi connectivity index (χ0) is 20.1. The zero-order valence-corrected chi connectivity index (χ0v) is 15.6. The van der Waals surface area contributed by atoms with E-state index in [9.17, 15) is 20.0 Å². The van der Waals surface area contributed by atoms with Crippen LogP contribution in [0.25, 0.3) is 0 Å². The minimum absolute atomic E-state index is 0.0931. The van der Waals surface area contributed by atoms with Gasteiger partial charge in [0.05, 0.1) is 19.1 Å². The van der Waals surface area contributed by atoms with Gasteiger partial charge in [0.25, 0.3) is 0 Å². The number of nitriles is 1. The predicted octanol–water partition coefficient (Wildman–Crippen LogP) is 3.61. The number of ether oxygens (including phenoxy) is 1. The van der Waals surface area contributed by atoms with Gasteiger partial charge in [0.2, 0.25) is 0 Å². The number of halogens is 2. The number of benzene rings is 1. The number of aromatic nitrogens is 1. The summed E-state index contributed by atoms with van der Waals surface area (Å²) in [6, 6.07) is 6.23. The summed E-state index contributed by atoms with van der Waals surface area (Å²) in [6.45, 7) is 0. The van der Waals surface area contributed by atoms with Gasteiger partial charge >= 0.3 is 5.97 Å².